The van der Waals surface area contributed by atoms with Gasteiger partial charge in [-0.15, -0.1) is 0 Å². The van der Waals surface area contributed by atoms with Gasteiger partial charge in [-0.05, 0) is 25.0 Å². The predicted molar refractivity (Wildman–Crippen MR) is 66.2 cm³/mol. The van der Waals surface area contributed by atoms with Gasteiger partial charge >= 0.3 is 0 Å². The van der Waals surface area contributed by atoms with Crippen molar-refractivity contribution in [2.24, 2.45) is 0 Å². The minimum atomic E-state index is 1.19. The van der Waals surface area contributed by atoms with Crippen LogP contribution in [0.15, 0.2) is 72.9 Å². The van der Waals surface area contributed by atoms with E-state index in [1.165, 1.54) is 11.1 Å². The summed E-state index contributed by atoms with van der Waals surface area (Å²) in [5.41, 5.74) is 2.37. The van der Waals surface area contributed by atoms with Gasteiger partial charge in [0.2, 0.25) is 0 Å². The molecule has 0 atom stereocenters. The van der Waals surface area contributed by atoms with E-state index in [4.69, 9.17) is 0 Å². The summed E-state index contributed by atoms with van der Waals surface area (Å²) in [5, 5.41) is 0. The van der Waals surface area contributed by atoms with E-state index in [0.29, 0.717) is 0 Å². The minimum absolute atomic E-state index is 1.19. The fourth-order valence-corrected chi connectivity index (χ4v) is 1.06. The monoisotopic (exact) mass is 186 g/mol. The molecule has 0 aliphatic heterocycles. The molecule has 0 heterocycles. The SMILES string of the molecule is C=C\C=C/C(=C\C)C(/C=C\C=C)=C/C. The maximum Gasteiger partial charge on any atom is -0.0230 e. The summed E-state index contributed by atoms with van der Waals surface area (Å²) in [6.07, 6.45) is 15.6. The van der Waals surface area contributed by atoms with E-state index >= 15 is 0 Å². The number of allylic oxidation sites excluding steroid dienone is 10. The van der Waals surface area contributed by atoms with Crippen LogP contribution in [-0.4, -0.2) is 0 Å². The van der Waals surface area contributed by atoms with Crippen LogP contribution < -0.4 is 0 Å². The van der Waals surface area contributed by atoms with Crippen molar-refractivity contribution in [3.8, 4) is 0 Å². The first-order valence-electron chi connectivity index (χ1n) is 4.71. The van der Waals surface area contributed by atoms with Crippen LogP contribution in [0.2, 0.25) is 0 Å². The molecule has 0 saturated heterocycles. The molecule has 0 heteroatoms. The van der Waals surface area contributed by atoms with Crippen LogP contribution in [0.4, 0.5) is 0 Å². The van der Waals surface area contributed by atoms with Crippen molar-refractivity contribution in [2.75, 3.05) is 0 Å². The number of rotatable bonds is 5. The van der Waals surface area contributed by atoms with Gasteiger partial charge in [0, 0.05) is 0 Å². The number of hydrogen-bond donors (Lipinski definition) is 0. The Labute approximate surface area is 87.3 Å². The Hall–Kier alpha value is -1.56. The highest BCUT2D eigenvalue weighted by molar-refractivity contribution is 5.46. The molecule has 0 bridgehead atoms. The highest BCUT2D eigenvalue weighted by Gasteiger charge is 1.93. The zero-order valence-corrected chi connectivity index (χ0v) is 9.03. The van der Waals surface area contributed by atoms with Crippen molar-refractivity contribution in [3.63, 3.8) is 0 Å². The van der Waals surface area contributed by atoms with Crippen LogP contribution in [0.25, 0.3) is 0 Å². The highest BCUT2D eigenvalue weighted by atomic mass is 14.0. The standard InChI is InChI=1S/C14H18/c1-5-9-11-13(7-3)14(8-4)12-10-6-2/h5-12H,1-2H2,3-4H3/b11-9-,12-10-,13-7+,14-8+. The van der Waals surface area contributed by atoms with Gasteiger partial charge in [-0.1, -0.05) is 61.8 Å². The third-order valence-corrected chi connectivity index (χ3v) is 1.78. The van der Waals surface area contributed by atoms with Crippen molar-refractivity contribution < 1.29 is 0 Å². The molecule has 0 aromatic rings. The molecular weight excluding hydrogens is 168 g/mol. The zero-order chi connectivity index (χ0) is 10.8. The molecule has 14 heavy (non-hydrogen) atoms. The van der Waals surface area contributed by atoms with Gasteiger partial charge in [0.05, 0.1) is 0 Å². The zero-order valence-electron chi connectivity index (χ0n) is 9.03. The molecule has 0 unspecified atom stereocenters. The van der Waals surface area contributed by atoms with Crippen LogP contribution in [0.3, 0.4) is 0 Å². The lowest BCUT2D eigenvalue weighted by atomic mass is 10.0. The minimum Gasteiger partial charge on any atom is -0.0991 e. The molecule has 74 valence electrons. The molecule has 0 aliphatic rings. The summed E-state index contributed by atoms with van der Waals surface area (Å²) in [6, 6.07) is 0. The lowest BCUT2D eigenvalue weighted by Gasteiger charge is -2.01. The Morgan fingerprint density at radius 3 is 1.36 bits per heavy atom. The van der Waals surface area contributed by atoms with Crippen molar-refractivity contribution in [1.82, 2.24) is 0 Å². The second-order valence-electron chi connectivity index (χ2n) is 2.68. The molecule has 0 saturated carbocycles. The lowest BCUT2D eigenvalue weighted by molar-refractivity contribution is 1.47. The van der Waals surface area contributed by atoms with E-state index in [9.17, 15) is 0 Å². The summed E-state index contributed by atoms with van der Waals surface area (Å²) in [5.74, 6) is 0. The Balaban J connectivity index is 4.82. The van der Waals surface area contributed by atoms with Gasteiger partial charge in [0.15, 0.2) is 0 Å². The molecule has 0 N–H and O–H groups in total. The predicted octanol–water partition coefficient (Wildman–Crippen LogP) is 4.36. The first-order valence-corrected chi connectivity index (χ1v) is 4.71. The van der Waals surface area contributed by atoms with Gasteiger partial charge < -0.3 is 0 Å². The summed E-state index contributed by atoms with van der Waals surface area (Å²) >= 11 is 0. The summed E-state index contributed by atoms with van der Waals surface area (Å²) in [6.45, 7) is 11.3. The second kappa shape index (κ2) is 8.06. The second-order valence-corrected chi connectivity index (χ2v) is 2.68. The normalized spacial score (nSPS) is 13.9. The molecule has 0 fully saturated rings. The van der Waals surface area contributed by atoms with E-state index < -0.39 is 0 Å². The third-order valence-electron chi connectivity index (χ3n) is 1.78. The van der Waals surface area contributed by atoms with Crippen molar-refractivity contribution in [3.05, 3.63) is 72.9 Å². The lowest BCUT2D eigenvalue weighted by Crippen LogP contribution is -1.81. The summed E-state index contributed by atoms with van der Waals surface area (Å²) < 4.78 is 0. The Morgan fingerprint density at radius 1 is 0.786 bits per heavy atom. The van der Waals surface area contributed by atoms with E-state index in [0.717, 1.165) is 0 Å². The van der Waals surface area contributed by atoms with E-state index in [-0.39, 0.29) is 0 Å². The summed E-state index contributed by atoms with van der Waals surface area (Å²) in [4.78, 5) is 0. The smallest absolute Gasteiger partial charge is 0.0230 e. The van der Waals surface area contributed by atoms with Crippen molar-refractivity contribution >= 4 is 0 Å². The van der Waals surface area contributed by atoms with Crippen molar-refractivity contribution in [1.29, 1.82) is 0 Å². The van der Waals surface area contributed by atoms with Crippen molar-refractivity contribution in [2.45, 2.75) is 13.8 Å². The van der Waals surface area contributed by atoms with Gasteiger partial charge in [0.1, 0.15) is 0 Å². The maximum absolute atomic E-state index is 3.65. The summed E-state index contributed by atoms with van der Waals surface area (Å²) in [7, 11) is 0. The maximum atomic E-state index is 3.65. The fourth-order valence-electron chi connectivity index (χ4n) is 1.06. The molecule has 0 aromatic carbocycles. The van der Waals surface area contributed by atoms with Crippen LogP contribution >= 0.6 is 0 Å². The Bertz CT molecular complexity index is 264. The fraction of sp³-hybridized carbons (Fsp3) is 0.143. The van der Waals surface area contributed by atoms with E-state index in [1.807, 2.05) is 38.2 Å². The van der Waals surface area contributed by atoms with Crippen LogP contribution in [0, 0.1) is 0 Å². The third kappa shape index (κ3) is 4.46. The van der Waals surface area contributed by atoms with Gasteiger partial charge in [0.25, 0.3) is 0 Å². The van der Waals surface area contributed by atoms with Gasteiger partial charge in [-0.3, -0.25) is 0 Å². The highest BCUT2D eigenvalue weighted by Crippen LogP contribution is 2.13. The molecule has 0 aromatic heterocycles. The van der Waals surface area contributed by atoms with Crippen LogP contribution in [0.1, 0.15) is 13.8 Å². The molecule has 0 nitrogen and oxygen atoms in total. The van der Waals surface area contributed by atoms with Crippen LogP contribution in [-0.2, 0) is 0 Å². The topological polar surface area (TPSA) is 0 Å². The van der Waals surface area contributed by atoms with Gasteiger partial charge in [-0.2, -0.15) is 0 Å². The van der Waals surface area contributed by atoms with E-state index in [1.54, 1.807) is 12.2 Å². The van der Waals surface area contributed by atoms with Gasteiger partial charge in [-0.25, -0.2) is 0 Å². The molecule has 0 rings (SSSR count). The van der Waals surface area contributed by atoms with E-state index in [2.05, 4.69) is 25.3 Å². The molecule has 0 radical (unpaired) electrons. The molecule has 0 aliphatic carbocycles. The quantitative estimate of drug-likeness (QED) is 0.559. The molecule has 0 spiro atoms. The first kappa shape index (κ1) is 12.4. The first-order chi connectivity index (χ1) is 6.79. The average Bonchev–Trinajstić information content (AvgIpc) is 2.23. The number of hydrogen-bond acceptors (Lipinski definition) is 0. The average molecular weight is 186 g/mol. The largest absolute Gasteiger partial charge is 0.0991 e. The molecular formula is C14H18. The Morgan fingerprint density at radius 2 is 1.14 bits per heavy atom. The Kier molecular flexibility index (Phi) is 7.16. The molecule has 0 amide bonds. The van der Waals surface area contributed by atoms with Crippen LogP contribution in [0.5, 0.6) is 0 Å².